The molecule has 3 aromatic heterocycles. The van der Waals surface area contributed by atoms with Crippen molar-refractivity contribution in [3.8, 4) is 0 Å². The predicted octanol–water partition coefficient (Wildman–Crippen LogP) is 5.62. The van der Waals surface area contributed by atoms with E-state index >= 15 is 0 Å². The Kier molecular flexibility index (Phi) is 5.41. The third-order valence-electron chi connectivity index (χ3n) is 4.44. The van der Waals surface area contributed by atoms with E-state index in [2.05, 4.69) is 60.5 Å². The Hall–Kier alpha value is -2.37. The molecule has 0 amide bonds. The zero-order valence-corrected chi connectivity index (χ0v) is 16.9. The van der Waals surface area contributed by atoms with Crippen LogP contribution in [0.5, 0.6) is 0 Å². The molecule has 4 nitrogen and oxygen atoms in total. The van der Waals surface area contributed by atoms with Crippen molar-refractivity contribution in [1.29, 1.82) is 0 Å². The minimum absolute atomic E-state index is 0.766. The zero-order valence-electron chi connectivity index (χ0n) is 14.5. The molecule has 136 valence electrons. The van der Waals surface area contributed by atoms with Crippen molar-refractivity contribution in [3.63, 3.8) is 0 Å². The number of anilines is 1. The first-order valence-corrected chi connectivity index (χ1v) is 9.89. The lowest BCUT2D eigenvalue weighted by Gasteiger charge is -2.07. The Labute approximate surface area is 171 Å². The number of hydrogen-bond acceptors (Lipinski definition) is 3. The van der Waals surface area contributed by atoms with Gasteiger partial charge in [-0.2, -0.15) is 0 Å². The summed E-state index contributed by atoms with van der Waals surface area (Å²) in [5.74, 6) is 0.885. The average molecular weight is 442 g/mol. The first-order chi connectivity index (χ1) is 13.2. The van der Waals surface area contributed by atoms with Crippen molar-refractivity contribution in [1.82, 2.24) is 15.0 Å². The van der Waals surface area contributed by atoms with Crippen molar-refractivity contribution < 1.29 is 0 Å². The molecule has 1 aromatic carbocycles. The van der Waals surface area contributed by atoms with Crippen molar-refractivity contribution in [2.24, 2.45) is 0 Å². The maximum atomic E-state index is 5.91. The van der Waals surface area contributed by atoms with Crippen LogP contribution in [-0.4, -0.2) is 21.5 Å². The number of nitrogens with zero attached hydrogens (tertiary/aromatic N) is 2. The molecule has 0 atom stereocenters. The molecule has 0 fully saturated rings. The van der Waals surface area contributed by atoms with Gasteiger partial charge in [-0.3, -0.25) is 0 Å². The van der Waals surface area contributed by atoms with Gasteiger partial charge in [-0.25, -0.2) is 9.97 Å². The SMILES string of the molecule is Clc1ccc(CCNc2ccc(Cc3c[nH]c4ncc(Br)cc34)cn2)cc1. The van der Waals surface area contributed by atoms with Crippen LogP contribution in [0.2, 0.25) is 5.02 Å². The van der Waals surface area contributed by atoms with Gasteiger partial charge in [0.15, 0.2) is 0 Å². The van der Waals surface area contributed by atoms with Crippen LogP contribution in [0.3, 0.4) is 0 Å². The Morgan fingerprint density at radius 2 is 1.81 bits per heavy atom. The Balaban J connectivity index is 1.37. The van der Waals surface area contributed by atoms with Gasteiger partial charge in [-0.05, 0) is 63.3 Å². The number of pyridine rings is 2. The van der Waals surface area contributed by atoms with E-state index in [1.54, 1.807) is 6.20 Å². The van der Waals surface area contributed by atoms with Crippen molar-refractivity contribution >= 4 is 44.4 Å². The van der Waals surface area contributed by atoms with Crippen LogP contribution in [-0.2, 0) is 12.8 Å². The normalized spacial score (nSPS) is 11.0. The molecule has 3 heterocycles. The summed E-state index contributed by atoms with van der Waals surface area (Å²) >= 11 is 9.40. The lowest BCUT2D eigenvalue weighted by molar-refractivity contribution is 1.00. The predicted molar refractivity (Wildman–Crippen MR) is 114 cm³/mol. The van der Waals surface area contributed by atoms with Crippen LogP contribution < -0.4 is 5.32 Å². The van der Waals surface area contributed by atoms with E-state index in [-0.39, 0.29) is 0 Å². The molecule has 0 bridgehead atoms. The van der Waals surface area contributed by atoms with Crippen LogP contribution in [0, 0.1) is 0 Å². The third kappa shape index (κ3) is 4.49. The first-order valence-electron chi connectivity index (χ1n) is 8.72. The summed E-state index contributed by atoms with van der Waals surface area (Å²) < 4.78 is 0.981. The van der Waals surface area contributed by atoms with Crippen molar-refractivity contribution in [2.75, 3.05) is 11.9 Å². The number of nitrogens with one attached hydrogen (secondary N) is 2. The van der Waals surface area contributed by atoms with E-state index in [9.17, 15) is 0 Å². The fourth-order valence-corrected chi connectivity index (χ4v) is 3.48. The molecule has 0 unspecified atom stereocenters. The molecular weight excluding hydrogens is 424 g/mol. The van der Waals surface area contributed by atoms with Crippen LogP contribution in [0.1, 0.15) is 16.7 Å². The van der Waals surface area contributed by atoms with E-state index in [0.29, 0.717) is 0 Å². The lowest BCUT2D eigenvalue weighted by Crippen LogP contribution is -2.06. The van der Waals surface area contributed by atoms with E-state index < -0.39 is 0 Å². The lowest BCUT2D eigenvalue weighted by atomic mass is 10.1. The number of aromatic nitrogens is 3. The van der Waals surface area contributed by atoms with E-state index in [4.69, 9.17) is 11.6 Å². The number of fused-ring (bicyclic) bond motifs is 1. The third-order valence-corrected chi connectivity index (χ3v) is 5.12. The quantitative estimate of drug-likeness (QED) is 0.408. The molecular formula is C21H18BrClN4. The molecule has 0 aliphatic carbocycles. The Bertz CT molecular complexity index is 1040. The van der Waals surface area contributed by atoms with Gasteiger partial charge < -0.3 is 10.3 Å². The molecule has 4 aromatic rings. The molecule has 0 aliphatic rings. The van der Waals surface area contributed by atoms with Gasteiger partial charge in [-0.1, -0.05) is 29.8 Å². The summed E-state index contributed by atoms with van der Waals surface area (Å²) in [7, 11) is 0. The molecule has 0 saturated carbocycles. The van der Waals surface area contributed by atoms with E-state index in [1.807, 2.05) is 30.6 Å². The highest BCUT2D eigenvalue weighted by Crippen LogP contribution is 2.23. The number of halogens is 2. The monoisotopic (exact) mass is 440 g/mol. The first kappa shape index (κ1) is 18.0. The highest BCUT2D eigenvalue weighted by molar-refractivity contribution is 9.10. The highest BCUT2D eigenvalue weighted by atomic mass is 79.9. The van der Waals surface area contributed by atoms with Gasteiger partial charge in [0.2, 0.25) is 0 Å². The maximum absolute atomic E-state index is 5.91. The maximum Gasteiger partial charge on any atom is 0.137 e. The van der Waals surface area contributed by atoms with Crippen LogP contribution in [0.15, 0.2) is 65.5 Å². The van der Waals surface area contributed by atoms with Crippen molar-refractivity contribution in [3.05, 3.63) is 87.2 Å². The second-order valence-corrected chi connectivity index (χ2v) is 7.75. The second kappa shape index (κ2) is 8.11. The number of rotatable bonds is 6. The van der Waals surface area contributed by atoms with Gasteiger partial charge in [0.25, 0.3) is 0 Å². The molecule has 4 rings (SSSR count). The average Bonchev–Trinajstić information content (AvgIpc) is 3.07. The number of benzene rings is 1. The van der Waals surface area contributed by atoms with Gasteiger partial charge in [-0.15, -0.1) is 0 Å². The topological polar surface area (TPSA) is 53.6 Å². The number of aromatic amines is 1. The molecule has 0 saturated heterocycles. The molecule has 27 heavy (non-hydrogen) atoms. The van der Waals surface area contributed by atoms with Crippen LogP contribution in [0.25, 0.3) is 11.0 Å². The smallest absolute Gasteiger partial charge is 0.137 e. The van der Waals surface area contributed by atoms with Crippen molar-refractivity contribution in [2.45, 2.75) is 12.8 Å². The summed E-state index contributed by atoms with van der Waals surface area (Å²) in [6.45, 7) is 0.829. The highest BCUT2D eigenvalue weighted by Gasteiger charge is 2.07. The largest absolute Gasteiger partial charge is 0.370 e. The summed E-state index contributed by atoms with van der Waals surface area (Å²) in [6, 6.07) is 14.2. The zero-order chi connectivity index (χ0) is 18.6. The molecule has 2 N–H and O–H groups in total. The fraction of sp³-hybridized carbons (Fsp3) is 0.143. The minimum atomic E-state index is 0.766. The van der Waals surface area contributed by atoms with Gasteiger partial charge in [0.1, 0.15) is 11.5 Å². The molecule has 6 heteroatoms. The number of H-pyrrole nitrogens is 1. The summed E-state index contributed by atoms with van der Waals surface area (Å²) in [5.41, 5.74) is 4.53. The minimum Gasteiger partial charge on any atom is -0.370 e. The van der Waals surface area contributed by atoms with E-state index in [1.165, 1.54) is 16.7 Å². The summed E-state index contributed by atoms with van der Waals surface area (Å²) in [4.78, 5) is 12.1. The van der Waals surface area contributed by atoms with Crippen LogP contribution in [0.4, 0.5) is 5.82 Å². The van der Waals surface area contributed by atoms with Gasteiger partial charge in [0.05, 0.1) is 0 Å². The number of hydrogen-bond donors (Lipinski definition) is 2. The molecule has 0 aliphatic heterocycles. The summed E-state index contributed by atoms with van der Waals surface area (Å²) in [5, 5.41) is 5.26. The summed E-state index contributed by atoms with van der Waals surface area (Å²) in [6.07, 6.45) is 7.49. The Morgan fingerprint density at radius 3 is 2.59 bits per heavy atom. The van der Waals surface area contributed by atoms with Crippen LogP contribution >= 0.6 is 27.5 Å². The molecule has 0 spiro atoms. The van der Waals surface area contributed by atoms with Gasteiger partial charge >= 0.3 is 0 Å². The Morgan fingerprint density at radius 1 is 1.00 bits per heavy atom. The standard InChI is InChI=1S/C21H18BrClN4/c22-17-10-19-16(12-26-21(19)27-13-17)9-15-3-6-20(25-11-15)24-8-7-14-1-4-18(23)5-2-14/h1-6,10-13H,7-9H2,(H,24,25)(H,26,27). The second-order valence-electron chi connectivity index (χ2n) is 6.40. The van der Waals surface area contributed by atoms with E-state index in [0.717, 1.165) is 45.7 Å². The van der Waals surface area contributed by atoms with Gasteiger partial charge in [0, 0.05) is 46.4 Å². The molecule has 0 radical (unpaired) electrons. The fourth-order valence-electron chi connectivity index (χ4n) is 3.02.